The fourth-order valence-electron chi connectivity index (χ4n) is 1.81. The Labute approximate surface area is 146 Å². The van der Waals surface area contributed by atoms with Crippen LogP contribution in [0.3, 0.4) is 0 Å². The van der Waals surface area contributed by atoms with Gasteiger partial charge in [-0.25, -0.2) is 4.79 Å². The molecule has 0 fully saturated rings. The summed E-state index contributed by atoms with van der Waals surface area (Å²) in [6.45, 7) is 0. The van der Waals surface area contributed by atoms with Gasteiger partial charge in [-0.1, -0.05) is 50.8 Å². The number of nitrogens with zero attached hydrogens (tertiary/aromatic N) is 1. The van der Waals surface area contributed by atoms with Crippen LogP contribution in [0.1, 0.15) is 0 Å². The van der Waals surface area contributed by atoms with Gasteiger partial charge in [0.25, 0.3) is 16.1 Å². The van der Waals surface area contributed by atoms with E-state index in [1.54, 1.807) is 0 Å². The molecule has 22 heavy (non-hydrogen) atoms. The Kier molecular flexibility index (Phi) is 5.17. The molecule has 0 aromatic heterocycles. The zero-order valence-electron chi connectivity index (χ0n) is 10.5. The topological polar surface area (TPSA) is 63.6 Å². The van der Waals surface area contributed by atoms with Crippen LogP contribution < -0.4 is 0 Å². The molecule has 0 unspecified atom stereocenters. The molecule has 0 aliphatic rings. The first-order valence-electron chi connectivity index (χ1n) is 5.55. The van der Waals surface area contributed by atoms with Gasteiger partial charge in [-0.15, -0.1) is 0 Å². The lowest BCUT2D eigenvalue weighted by Crippen LogP contribution is -2.00. The van der Waals surface area contributed by atoms with Crippen LogP contribution in [0, 0.1) is 0 Å². The maximum atomic E-state index is 12.1. The highest BCUT2D eigenvalue weighted by molar-refractivity contribution is 7.90. The molecule has 2 aromatic carbocycles. The molecule has 0 amide bonds. The Hall–Kier alpha value is -1.07. The average molecular weight is 397 g/mol. The number of hydrogen-bond acceptors (Lipinski definition) is 3. The van der Waals surface area contributed by atoms with E-state index in [2.05, 4.69) is 4.40 Å². The molecule has 0 bridgehead atoms. The number of hydrogen-bond donors (Lipinski definition) is 0. The van der Waals surface area contributed by atoms with E-state index in [1.165, 1.54) is 30.3 Å². The van der Waals surface area contributed by atoms with Gasteiger partial charge < -0.3 is 0 Å². The van der Waals surface area contributed by atoms with E-state index < -0.39 is 10.0 Å². The maximum absolute atomic E-state index is 12.1. The summed E-state index contributed by atoms with van der Waals surface area (Å²) >= 11 is 23.9. The average Bonchev–Trinajstić information content (AvgIpc) is 2.40. The van der Waals surface area contributed by atoms with E-state index in [1.807, 2.05) is 0 Å². The Morgan fingerprint density at radius 1 is 0.955 bits per heavy atom. The molecule has 0 aliphatic heterocycles. The van der Waals surface area contributed by atoms with Gasteiger partial charge in [0.05, 0.1) is 14.9 Å². The van der Waals surface area contributed by atoms with Crippen molar-refractivity contribution in [3.8, 4) is 11.1 Å². The second-order valence-corrected chi connectivity index (χ2v) is 7.28. The molecule has 0 N–H and O–H groups in total. The van der Waals surface area contributed by atoms with Gasteiger partial charge in [-0.3, -0.25) is 0 Å². The maximum Gasteiger partial charge on any atom is 0.293 e. The van der Waals surface area contributed by atoms with Crippen molar-refractivity contribution in [2.24, 2.45) is 4.40 Å². The molecule has 0 saturated carbocycles. The number of isocyanates is 1. The normalized spacial score (nSPS) is 11.1. The van der Waals surface area contributed by atoms with Crippen molar-refractivity contribution >= 4 is 62.5 Å². The first-order chi connectivity index (χ1) is 10.3. The molecule has 0 radical (unpaired) electrons. The van der Waals surface area contributed by atoms with Gasteiger partial charge in [0, 0.05) is 15.6 Å². The summed E-state index contributed by atoms with van der Waals surface area (Å²) in [5, 5.41) is 0.658. The van der Waals surface area contributed by atoms with Gasteiger partial charge in [0.15, 0.2) is 0 Å². The number of benzene rings is 2. The first kappa shape index (κ1) is 17.3. The molecule has 0 aliphatic carbocycles. The van der Waals surface area contributed by atoms with E-state index in [-0.39, 0.29) is 30.5 Å². The van der Waals surface area contributed by atoms with Gasteiger partial charge in [-0.2, -0.15) is 8.42 Å². The summed E-state index contributed by atoms with van der Waals surface area (Å²) in [6.07, 6.45) is 1.00. The highest BCUT2D eigenvalue weighted by Gasteiger charge is 2.23. The van der Waals surface area contributed by atoms with Gasteiger partial charge in [0.2, 0.25) is 0 Å². The van der Waals surface area contributed by atoms with Crippen molar-refractivity contribution in [2.75, 3.05) is 0 Å². The number of sulfonamides is 1. The van der Waals surface area contributed by atoms with Crippen LogP contribution in [0.2, 0.25) is 20.1 Å². The molecule has 4 nitrogen and oxygen atoms in total. The summed E-state index contributed by atoms with van der Waals surface area (Å²) in [7, 11) is -4.28. The smallest absolute Gasteiger partial charge is 0.210 e. The fourth-order valence-corrected chi connectivity index (χ4v) is 3.74. The van der Waals surface area contributed by atoms with Crippen LogP contribution in [0.5, 0.6) is 0 Å². The number of carbonyl (C=O) groups excluding carboxylic acids is 1. The predicted octanol–water partition coefficient (Wildman–Crippen LogP) is 4.99. The molecule has 0 saturated heterocycles. The monoisotopic (exact) mass is 395 g/mol. The molecule has 2 aromatic rings. The third kappa shape index (κ3) is 3.46. The minimum absolute atomic E-state index is 0.0258. The van der Waals surface area contributed by atoms with Gasteiger partial charge >= 0.3 is 0 Å². The first-order valence-corrected chi connectivity index (χ1v) is 8.50. The summed E-state index contributed by atoms with van der Waals surface area (Å²) in [4.78, 5) is 10.0. The summed E-state index contributed by atoms with van der Waals surface area (Å²) < 4.78 is 27.0. The third-order valence-corrected chi connectivity index (χ3v) is 5.09. The number of halogens is 4. The van der Waals surface area contributed by atoms with E-state index in [4.69, 9.17) is 46.4 Å². The largest absolute Gasteiger partial charge is 0.293 e. The van der Waals surface area contributed by atoms with E-state index in [9.17, 15) is 13.2 Å². The van der Waals surface area contributed by atoms with E-state index in [0.717, 1.165) is 6.08 Å². The van der Waals surface area contributed by atoms with Crippen molar-refractivity contribution in [3.63, 3.8) is 0 Å². The fraction of sp³-hybridized carbons (Fsp3) is 0. The minimum atomic E-state index is -4.28. The van der Waals surface area contributed by atoms with Crippen LogP contribution in [-0.4, -0.2) is 14.5 Å². The molecular weight excluding hydrogens is 392 g/mol. The second-order valence-electron chi connectivity index (χ2n) is 4.05. The van der Waals surface area contributed by atoms with Crippen molar-refractivity contribution in [3.05, 3.63) is 50.4 Å². The molecule has 0 spiro atoms. The van der Waals surface area contributed by atoms with Crippen LogP contribution in [0.15, 0.2) is 39.6 Å². The van der Waals surface area contributed by atoms with Crippen molar-refractivity contribution < 1.29 is 13.2 Å². The Morgan fingerprint density at radius 3 is 2.09 bits per heavy atom. The highest BCUT2D eigenvalue weighted by Crippen LogP contribution is 2.40. The Balaban J connectivity index is 2.90. The van der Waals surface area contributed by atoms with Crippen LogP contribution in [-0.2, 0) is 14.8 Å². The molecule has 2 rings (SSSR count). The second kappa shape index (κ2) is 6.59. The zero-order chi connectivity index (χ0) is 16.5. The molecule has 0 atom stereocenters. The van der Waals surface area contributed by atoms with Gasteiger partial charge in [-0.05, 0) is 35.9 Å². The Bertz CT molecular complexity index is 885. The molecule has 0 heterocycles. The standard InChI is InChI=1S/C13H5Cl4NO3S/c14-8-3-7(4-9(15)5-8)12-11(22(20,21)18-6-19)2-1-10(16)13(12)17/h1-5H. The van der Waals surface area contributed by atoms with Crippen molar-refractivity contribution in [1.82, 2.24) is 0 Å². The lowest BCUT2D eigenvalue weighted by atomic mass is 10.1. The quantitative estimate of drug-likeness (QED) is 0.542. The van der Waals surface area contributed by atoms with E-state index in [0.29, 0.717) is 5.56 Å². The summed E-state index contributed by atoms with van der Waals surface area (Å²) in [6, 6.07) is 6.88. The lowest BCUT2D eigenvalue weighted by molar-refractivity contribution is 0.563. The molecule has 9 heteroatoms. The van der Waals surface area contributed by atoms with Crippen LogP contribution >= 0.6 is 46.4 Å². The zero-order valence-corrected chi connectivity index (χ0v) is 14.3. The molecular formula is C13H5Cl4NO3S. The predicted molar refractivity (Wildman–Crippen MR) is 87.2 cm³/mol. The highest BCUT2D eigenvalue weighted by atomic mass is 35.5. The summed E-state index contributed by atoms with van der Waals surface area (Å²) in [5.41, 5.74) is 0.377. The number of rotatable bonds is 3. The van der Waals surface area contributed by atoms with Gasteiger partial charge in [0.1, 0.15) is 0 Å². The lowest BCUT2D eigenvalue weighted by Gasteiger charge is -2.12. The van der Waals surface area contributed by atoms with E-state index >= 15 is 0 Å². The van der Waals surface area contributed by atoms with Crippen LogP contribution in [0.25, 0.3) is 11.1 Å². The van der Waals surface area contributed by atoms with Crippen LogP contribution in [0.4, 0.5) is 0 Å². The minimum Gasteiger partial charge on any atom is -0.210 e. The molecule has 114 valence electrons. The summed E-state index contributed by atoms with van der Waals surface area (Å²) in [5.74, 6) is 0. The SMILES string of the molecule is O=C=NS(=O)(=O)c1ccc(Cl)c(Cl)c1-c1cc(Cl)cc(Cl)c1. The third-order valence-electron chi connectivity index (χ3n) is 2.64. The van der Waals surface area contributed by atoms with Crippen molar-refractivity contribution in [1.29, 1.82) is 0 Å². The van der Waals surface area contributed by atoms with Crippen molar-refractivity contribution in [2.45, 2.75) is 4.90 Å². The Morgan fingerprint density at radius 2 is 1.55 bits per heavy atom.